The fourth-order valence-electron chi connectivity index (χ4n) is 2.80. The maximum atomic E-state index is 10.8. The molecule has 17 heavy (non-hydrogen) atoms. The number of hydrogen-bond donors (Lipinski definition) is 3. The predicted molar refractivity (Wildman–Crippen MR) is 65.6 cm³/mol. The van der Waals surface area contributed by atoms with Gasteiger partial charge >= 0.3 is 0 Å². The molecule has 2 heterocycles. The summed E-state index contributed by atoms with van der Waals surface area (Å²) in [6.45, 7) is 6.06. The lowest BCUT2D eigenvalue weighted by Gasteiger charge is -2.36. The first-order valence-electron chi connectivity index (χ1n) is 6.54. The molecule has 0 saturated carbocycles. The van der Waals surface area contributed by atoms with Gasteiger partial charge in [-0.1, -0.05) is 0 Å². The number of hydrogen-bond acceptors (Lipinski definition) is 4. The van der Waals surface area contributed by atoms with Crippen LogP contribution in [0.25, 0.3) is 0 Å². The summed E-state index contributed by atoms with van der Waals surface area (Å²) in [6.07, 6.45) is 2.01. The summed E-state index contributed by atoms with van der Waals surface area (Å²) in [5.74, 6) is 0.657. The van der Waals surface area contributed by atoms with Crippen molar-refractivity contribution in [1.82, 2.24) is 15.5 Å². The normalized spacial score (nSPS) is 31.6. The highest BCUT2D eigenvalue weighted by atomic mass is 16.3. The highest BCUT2D eigenvalue weighted by molar-refractivity contribution is 5.72. The summed E-state index contributed by atoms with van der Waals surface area (Å²) in [7, 11) is 0. The maximum absolute atomic E-state index is 10.8. The Hall–Kier alpha value is -0.650. The minimum Gasteiger partial charge on any atom is -0.390 e. The van der Waals surface area contributed by atoms with E-state index < -0.39 is 0 Å². The van der Waals surface area contributed by atoms with Crippen molar-refractivity contribution in [3.63, 3.8) is 0 Å². The van der Waals surface area contributed by atoms with E-state index in [9.17, 15) is 9.90 Å². The largest absolute Gasteiger partial charge is 0.390 e. The average molecular weight is 241 g/mol. The Balaban J connectivity index is 1.72. The molecule has 2 saturated heterocycles. The molecule has 98 valence electrons. The molecule has 0 aliphatic carbocycles. The number of nitrogens with one attached hydrogen (secondary N) is 2. The number of carbonyl (C=O) groups excluding carboxylic acids is 1. The van der Waals surface area contributed by atoms with Gasteiger partial charge in [0.1, 0.15) is 0 Å². The van der Waals surface area contributed by atoms with Crippen LogP contribution in [0, 0.1) is 5.92 Å². The Morgan fingerprint density at radius 3 is 2.65 bits per heavy atom. The average Bonchev–Trinajstić information content (AvgIpc) is 2.73. The van der Waals surface area contributed by atoms with Crippen molar-refractivity contribution in [2.24, 2.45) is 5.92 Å². The zero-order valence-corrected chi connectivity index (χ0v) is 10.5. The minimum absolute atomic E-state index is 0.0582. The maximum Gasteiger partial charge on any atom is 0.216 e. The Kier molecular flexibility index (Phi) is 4.36. The Morgan fingerprint density at radius 2 is 2.12 bits per heavy atom. The molecular formula is C12H23N3O2. The molecule has 2 atom stereocenters. The number of β-amino-alcohol motifs (C(OH)–C–C–N with tert-alkyl or cyclic N) is 1. The molecule has 3 N–H and O–H groups in total. The van der Waals surface area contributed by atoms with Crippen LogP contribution in [0.2, 0.25) is 0 Å². The van der Waals surface area contributed by atoms with Crippen LogP contribution in [0.4, 0.5) is 0 Å². The van der Waals surface area contributed by atoms with Crippen LogP contribution < -0.4 is 10.6 Å². The van der Waals surface area contributed by atoms with E-state index in [2.05, 4.69) is 15.5 Å². The van der Waals surface area contributed by atoms with Crippen LogP contribution in [0.1, 0.15) is 19.8 Å². The molecule has 1 amide bonds. The third-order valence-electron chi connectivity index (χ3n) is 3.91. The van der Waals surface area contributed by atoms with Gasteiger partial charge in [-0.15, -0.1) is 0 Å². The molecule has 5 heteroatoms. The second kappa shape index (κ2) is 5.80. The predicted octanol–water partition coefficient (Wildman–Crippen LogP) is -0.833. The van der Waals surface area contributed by atoms with Crippen LogP contribution in [-0.4, -0.2) is 60.8 Å². The number of carbonyl (C=O) groups is 1. The van der Waals surface area contributed by atoms with Crippen molar-refractivity contribution in [3.05, 3.63) is 0 Å². The standard InChI is InChI=1S/C12H23N3O2/c1-9(16)14-6-10-2-4-15(5-3-10)11-7-13-8-12(11)17/h10-13,17H,2-8H2,1H3,(H,14,16)/t11-,12-/m0/s1. The van der Waals surface area contributed by atoms with E-state index in [1.165, 1.54) is 0 Å². The molecule has 2 rings (SSSR count). The third-order valence-corrected chi connectivity index (χ3v) is 3.91. The second-order valence-electron chi connectivity index (χ2n) is 5.21. The fourth-order valence-corrected chi connectivity index (χ4v) is 2.80. The summed E-state index contributed by atoms with van der Waals surface area (Å²) in [6, 6.07) is 0.289. The molecule has 2 aliphatic rings. The first-order chi connectivity index (χ1) is 8.16. The first kappa shape index (κ1) is 12.8. The van der Waals surface area contributed by atoms with Crippen LogP contribution in [0.5, 0.6) is 0 Å². The van der Waals surface area contributed by atoms with Gasteiger partial charge in [-0.3, -0.25) is 9.69 Å². The molecule has 0 aromatic rings. The lowest BCUT2D eigenvalue weighted by Crippen LogP contribution is -2.48. The van der Waals surface area contributed by atoms with Crippen LogP contribution >= 0.6 is 0 Å². The Morgan fingerprint density at radius 1 is 1.41 bits per heavy atom. The summed E-state index contributed by atoms with van der Waals surface area (Å²) in [5.41, 5.74) is 0. The number of nitrogens with zero attached hydrogens (tertiary/aromatic N) is 1. The monoisotopic (exact) mass is 241 g/mol. The van der Waals surface area contributed by atoms with E-state index >= 15 is 0 Å². The van der Waals surface area contributed by atoms with Gasteiger partial charge in [-0.05, 0) is 31.8 Å². The second-order valence-corrected chi connectivity index (χ2v) is 5.21. The van der Waals surface area contributed by atoms with Crippen molar-refractivity contribution in [3.8, 4) is 0 Å². The van der Waals surface area contributed by atoms with Gasteiger partial charge in [0.2, 0.25) is 5.91 Å². The Bertz CT molecular complexity index is 264. The molecule has 0 bridgehead atoms. The van der Waals surface area contributed by atoms with E-state index in [-0.39, 0.29) is 18.1 Å². The van der Waals surface area contributed by atoms with E-state index in [0.717, 1.165) is 45.6 Å². The highest BCUT2D eigenvalue weighted by Crippen LogP contribution is 2.20. The van der Waals surface area contributed by atoms with Gasteiger partial charge < -0.3 is 15.7 Å². The van der Waals surface area contributed by atoms with Crippen molar-refractivity contribution in [2.75, 3.05) is 32.7 Å². The van der Waals surface area contributed by atoms with E-state index in [0.29, 0.717) is 5.92 Å². The zero-order chi connectivity index (χ0) is 12.3. The lowest BCUT2D eigenvalue weighted by atomic mass is 9.95. The molecule has 0 aromatic carbocycles. The fraction of sp³-hybridized carbons (Fsp3) is 0.917. The number of likely N-dealkylation sites (tertiary alicyclic amines) is 1. The quantitative estimate of drug-likeness (QED) is 0.603. The number of amides is 1. The SMILES string of the molecule is CC(=O)NCC1CCN([C@H]2CNC[C@@H]2O)CC1. The van der Waals surface area contributed by atoms with Crippen molar-refractivity contribution in [1.29, 1.82) is 0 Å². The van der Waals surface area contributed by atoms with Crippen molar-refractivity contribution < 1.29 is 9.90 Å². The lowest BCUT2D eigenvalue weighted by molar-refractivity contribution is -0.119. The first-order valence-corrected chi connectivity index (χ1v) is 6.54. The number of piperidine rings is 1. The van der Waals surface area contributed by atoms with Crippen molar-refractivity contribution >= 4 is 5.91 Å². The van der Waals surface area contributed by atoms with Gasteiger partial charge in [0.25, 0.3) is 0 Å². The van der Waals surface area contributed by atoms with Gasteiger partial charge in [0.05, 0.1) is 6.10 Å². The van der Waals surface area contributed by atoms with E-state index in [1.807, 2.05) is 0 Å². The van der Waals surface area contributed by atoms with Crippen molar-refractivity contribution in [2.45, 2.75) is 31.9 Å². The number of rotatable bonds is 3. The molecule has 0 unspecified atom stereocenters. The number of aliphatic hydroxyl groups is 1. The molecule has 2 fully saturated rings. The summed E-state index contributed by atoms with van der Waals surface area (Å²) in [5, 5.41) is 15.9. The van der Waals surface area contributed by atoms with Gasteiger partial charge in [-0.25, -0.2) is 0 Å². The molecular weight excluding hydrogens is 218 g/mol. The Labute approximate surface area is 103 Å². The zero-order valence-electron chi connectivity index (χ0n) is 10.5. The topological polar surface area (TPSA) is 64.6 Å². The van der Waals surface area contributed by atoms with Gasteiger partial charge in [0.15, 0.2) is 0 Å². The van der Waals surface area contributed by atoms with E-state index in [1.54, 1.807) is 6.92 Å². The molecule has 2 aliphatic heterocycles. The summed E-state index contributed by atoms with van der Waals surface area (Å²) >= 11 is 0. The third kappa shape index (κ3) is 3.40. The van der Waals surface area contributed by atoms with Crippen LogP contribution in [0.3, 0.4) is 0 Å². The molecule has 0 spiro atoms. The number of aliphatic hydroxyl groups excluding tert-OH is 1. The molecule has 0 radical (unpaired) electrons. The minimum atomic E-state index is -0.220. The van der Waals surface area contributed by atoms with E-state index in [4.69, 9.17) is 0 Å². The van der Waals surface area contributed by atoms with Crippen LogP contribution in [0.15, 0.2) is 0 Å². The smallest absolute Gasteiger partial charge is 0.216 e. The molecule has 5 nitrogen and oxygen atoms in total. The molecule has 0 aromatic heterocycles. The van der Waals surface area contributed by atoms with Gasteiger partial charge in [0, 0.05) is 32.6 Å². The highest BCUT2D eigenvalue weighted by Gasteiger charge is 2.32. The summed E-state index contributed by atoms with van der Waals surface area (Å²) < 4.78 is 0. The van der Waals surface area contributed by atoms with Gasteiger partial charge in [-0.2, -0.15) is 0 Å². The summed E-state index contributed by atoms with van der Waals surface area (Å²) in [4.78, 5) is 13.2. The van der Waals surface area contributed by atoms with Crippen LogP contribution in [-0.2, 0) is 4.79 Å².